The van der Waals surface area contributed by atoms with Crippen LogP contribution in [-0.2, 0) is 18.7 Å². The number of thiophene rings is 1. The van der Waals surface area contributed by atoms with Crippen LogP contribution in [0.25, 0.3) is 15.9 Å². The molecule has 0 unspecified atom stereocenters. The van der Waals surface area contributed by atoms with Gasteiger partial charge in [-0.2, -0.15) is 0 Å². The lowest BCUT2D eigenvalue weighted by Crippen LogP contribution is -1.99. The zero-order chi connectivity index (χ0) is 12.1. The fourth-order valence-electron chi connectivity index (χ4n) is 2.66. The molecule has 0 amide bonds. The highest BCUT2D eigenvalue weighted by Crippen LogP contribution is 2.36. The van der Waals surface area contributed by atoms with Crippen molar-refractivity contribution in [3.63, 3.8) is 0 Å². The molecule has 92 valence electrons. The van der Waals surface area contributed by atoms with E-state index in [4.69, 9.17) is 11.6 Å². The van der Waals surface area contributed by atoms with Gasteiger partial charge in [0.25, 0.3) is 0 Å². The van der Waals surface area contributed by atoms with Crippen molar-refractivity contribution < 1.29 is 0 Å². The first-order chi connectivity index (χ1) is 8.86. The Kier molecular flexibility index (Phi) is 2.32. The van der Waals surface area contributed by atoms with E-state index < -0.39 is 0 Å². The van der Waals surface area contributed by atoms with Crippen LogP contribution in [0.4, 0.5) is 0 Å². The molecule has 3 heterocycles. The van der Waals surface area contributed by atoms with Crippen LogP contribution in [0.5, 0.6) is 0 Å². The van der Waals surface area contributed by atoms with Crippen molar-refractivity contribution in [3.8, 4) is 0 Å². The fourth-order valence-corrected chi connectivity index (χ4v) is 3.99. The molecule has 0 saturated carbocycles. The molecule has 3 aromatic heterocycles. The lowest BCUT2D eigenvalue weighted by atomic mass is 9.97. The van der Waals surface area contributed by atoms with Gasteiger partial charge >= 0.3 is 0 Å². The summed E-state index contributed by atoms with van der Waals surface area (Å²) >= 11 is 7.62. The van der Waals surface area contributed by atoms with E-state index in [2.05, 4.69) is 15.1 Å². The summed E-state index contributed by atoms with van der Waals surface area (Å²) in [5, 5.41) is 5.52. The van der Waals surface area contributed by atoms with Crippen molar-refractivity contribution in [1.29, 1.82) is 0 Å². The Morgan fingerprint density at radius 2 is 2.22 bits per heavy atom. The summed E-state index contributed by atoms with van der Waals surface area (Å²) in [4.78, 5) is 11.6. The maximum absolute atomic E-state index is 5.81. The minimum atomic E-state index is 0.343. The number of halogens is 1. The largest absolute Gasteiger partial charge is 0.225 e. The van der Waals surface area contributed by atoms with E-state index in [1.54, 1.807) is 22.2 Å². The summed E-state index contributed by atoms with van der Waals surface area (Å²) in [7, 11) is 0. The molecular weight excluding hydrogens is 268 g/mol. The van der Waals surface area contributed by atoms with Gasteiger partial charge in [-0.15, -0.1) is 28.0 Å². The molecule has 1 aliphatic rings. The van der Waals surface area contributed by atoms with Crippen molar-refractivity contribution >= 4 is 38.8 Å². The van der Waals surface area contributed by atoms with Gasteiger partial charge in [-0.3, -0.25) is 0 Å². The quantitative estimate of drug-likeness (QED) is 0.643. The number of fused-ring (bicyclic) bond motifs is 5. The molecule has 0 aromatic carbocycles. The first-order valence-electron chi connectivity index (χ1n) is 6.07. The summed E-state index contributed by atoms with van der Waals surface area (Å²) in [6.07, 6.45) is 6.60. The number of aryl methyl sites for hydroxylation is 2. The Bertz CT molecular complexity index is 745. The molecule has 0 radical (unpaired) electrons. The average molecular weight is 279 g/mol. The summed E-state index contributed by atoms with van der Waals surface area (Å²) in [6, 6.07) is 0. The van der Waals surface area contributed by atoms with Gasteiger partial charge in [-0.05, 0) is 31.2 Å². The van der Waals surface area contributed by atoms with Crippen LogP contribution in [0.1, 0.15) is 29.1 Å². The standard InChI is InChI=1S/C12H11ClN4S/c13-5-9-15-11-10-7-3-1-2-4-8(7)18-12(10)14-6-17(11)16-9/h6H,1-5H2. The topological polar surface area (TPSA) is 43.1 Å². The second-order valence-electron chi connectivity index (χ2n) is 4.57. The molecular formula is C12H11ClN4S. The van der Waals surface area contributed by atoms with Crippen molar-refractivity contribution in [2.24, 2.45) is 0 Å². The van der Waals surface area contributed by atoms with Gasteiger partial charge in [0.2, 0.25) is 0 Å². The monoisotopic (exact) mass is 278 g/mol. The molecule has 0 spiro atoms. The maximum atomic E-state index is 5.81. The van der Waals surface area contributed by atoms with E-state index in [1.165, 1.54) is 35.1 Å². The smallest absolute Gasteiger partial charge is 0.168 e. The molecule has 1 aliphatic carbocycles. The highest BCUT2D eigenvalue weighted by Gasteiger charge is 2.20. The van der Waals surface area contributed by atoms with Crippen LogP contribution in [0.3, 0.4) is 0 Å². The van der Waals surface area contributed by atoms with E-state index in [1.807, 2.05) is 0 Å². The molecule has 4 rings (SSSR count). The summed E-state index contributed by atoms with van der Waals surface area (Å²) in [5.41, 5.74) is 2.35. The third-order valence-electron chi connectivity index (χ3n) is 3.46. The molecule has 0 fully saturated rings. The predicted octanol–water partition coefficient (Wildman–Crippen LogP) is 2.96. The highest BCUT2D eigenvalue weighted by molar-refractivity contribution is 7.19. The number of alkyl halides is 1. The highest BCUT2D eigenvalue weighted by atomic mass is 35.5. The van der Waals surface area contributed by atoms with Crippen molar-refractivity contribution in [1.82, 2.24) is 19.6 Å². The summed E-state index contributed by atoms with van der Waals surface area (Å²) < 4.78 is 1.75. The second-order valence-corrected chi connectivity index (χ2v) is 5.92. The van der Waals surface area contributed by atoms with E-state index in [0.717, 1.165) is 16.9 Å². The Labute approximate surface area is 113 Å². The lowest BCUT2D eigenvalue weighted by Gasteiger charge is -2.09. The van der Waals surface area contributed by atoms with E-state index >= 15 is 0 Å². The zero-order valence-electron chi connectivity index (χ0n) is 9.69. The van der Waals surface area contributed by atoms with Crippen LogP contribution in [-0.4, -0.2) is 19.6 Å². The lowest BCUT2D eigenvalue weighted by molar-refractivity contribution is 0.700. The number of hydrogen-bond donors (Lipinski definition) is 0. The molecule has 0 aliphatic heterocycles. The molecule has 0 N–H and O–H groups in total. The number of nitrogens with zero attached hydrogens (tertiary/aromatic N) is 4. The van der Waals surface area contributed by atoms with Gasteiger partial charge in [0.05, 0.1) is 11.3 Å². The molecule has 3 aromatic rings. The molecule has 18 heavy (non-hydrogen) atoms. The van der Waals surface area contributed by atoms with Gasteiger partial charge in [0.1, 0.15) is 11.2 Å². The molecule has 4 nitrogen and oxygen atoms in total. The third kappa shape index (κ3) is 1.40. The van der Waals surface area contributed by atoms with Crippen LogP contribution in [0.15, 0.2) is 6.33 Å². The van der Waals surface area contributed by atoms with Crippen molar-refractivity contribution in [2.45, 2.75) is 31.6 Å². The Balaban J connectivity index is 2.12. The van der Waals surface area contributed by atoms with Gasteiger partial charge in [-0.1, -0.05) is 0 Å². The predicted molar refractivity (Wildman–Crippen MR) is 72.4 cm³/mol. The van der Waals surface area contributed by atoms with Crippen LogP contribution in [0.2, 0.25) is 0 Å². The molecule has 0 atom stereocenters. The van der Waals surface area contributed by atoms with E-state index in [-0.39, 0.29) is 0 Å². The minimum absolute atomic E-state index is 0.343. The minimum Gasteiger partial charge on any atom is -0.225 e. The van der Waals surface area contributed by atoms with Crippen LogP contribution < -0.4 is 0 Å². The van der Waals surface area contributed by atoms with Gasteiger partial charge in [-0.25, -0.2) is 14.5 Å². The van der Waals surface area contributed by atoms with Gasteiger partial charge in [0, 0.05) is 4.88 Å². The average Bonchev–Trinajstić information content (AvgIpc) is 2.98. The third-order valence-corrected chi connectivity index (χ3v) is 4.89. The number of hydrogen-bond acceptors (Lipinski definition) is 4. The van der Waals surface area contributed by atoms with Crippen LogP contribution >= 0.6 is 22.9 Å². The van der Waals surface area contributed by atoms with E-state index in [0.29, 0.717) is 11.7 Å². The second kappa shape index (κ2) is 3.90. The molecule has 0 bridgehead atoms. The first kappa shape index (κ1) is 10.7. The first-order valence-corrected chi connectivity index (χ1v) is 7.42. The van der Waals surface area contributed by atoms with Crippen molar-refractivity contribution in [3.05, 3.63) is 22.6 Å². The maximum Gasteiger partial charge on any atom is 0.168 e. The molecule has 0 saturated heterocycles. The number of rotatable bonds is 1. The Morgan fingerprint density at radius 1 is 1.33 bits per heavy atom. The summed E-state index contributed by atoms with van der Waals surface area (Å²) in [6.45, 7) is 0. The Morgan fingerprint density at radius 3 is 3.11 bits per heavy atom. The normalized spacial score (nSPS) is 15.4. The SMILES string of the molecule is ClCc1nc2c3c4c(sc3ncn2n1)CCCC4. The Hall–Kier alpha value is -1.20. The molecule has 6 heteroatoms. The van der Waals surface area contributed by atoms with Gasteiger partial charge < -0.3 is 0 Å². The number of aromatic nitrogens is 4. The van der Waals surface area contributed by atoms with Gasteiger partial charge in [0.15, 0.2) is 11.5 Å². The fraction of sp³-hybridized carbons (Fsp3) is 0.417. The summed E-state index contributed by atoms with van der Waals surface area (Å²) in [5.74, 6) is 1.01. The zero-order valence-corrected chi connectivity index (χ0v) is 11.3. The van der Waals surface area contributed by atoms with Crippen molar-refractivity contribution in [2.75, 3.05) is 0 Å². The van der Waals surface area contributed by atoms with Crippen LogP contribution in [0, 0.1) is 0 Å². The van der Waals surface area contributed by atoms with E-state index in [9.17, 15) is 0 Å².